The molecule has 1 amide bonds. The van der Waals surface area contributed by atoms with Gasteiger partial charge in [-0.3, -0.25) is 4.79 Å². The number of hydrogen-bond acceptors (Lipinski definition) is 2. The molecule has 0 aliphatic carbocycles. The van der Waals surface area contributed by atoms with Crippen LogP contribution in [0.1, 0.15) is 17.2 Å². The fourth-order valence-electron chi connectivity index (χ4n) is 1.77. The zero-order valence-electron chi connectivity index (χ0n) is 11.2. The molecule has 0 saturated carbocycles. The number of nitrogens with zero attached hydrogens (tertiary/aromatic N) is 1. The number of rotatable bonds is 4. The Balaban J connectivity index is 2.02. The molecule has 0 bridgehead atoms. The second kappa shape index (κ2) is 7.01. The van der Waals surface area contributed by atoms with Crippen LogP contribution in [0.5, 0.6) is 0 Å². The number of benzene rings is 2. The molecule has 0 unspecified atom stereocenters. The van der Waals surface area contributed by atoms with Crippen LogP contribution in [0.4, 0.5) is 4.39 Å². The molecule has 2 rings (SSSR count). The molecule has 1 N–H and O–H groups in total. The summed E-state index contributed by atoms with van der Waals surface area (Å²) < 4.78 is 12.8. The summed E-state index contributed by atoms with van der Waals surface area (Å²) in [6.45, 7) is 0. The van der Waals surface area contributed by atoms with Crippen molar-refractivity contribution < 1.29 is 9.18 Å². The summed E-state index contributed by atoms with van der Waals surface area (Å²) >= 11 is 0. The van der Waals surface area contributed by atoms with E-state index in [0.717, 1.165) is 5.56 Å². The number of amides is 1. The summed E-state index contributed by atoms with van der Waals surface area (Å²) in [6.07, 6.45) is 3.03. The summed E-state index contributed by atoms with van der Waals surface area (Å²) in [5.74, 6) is -0.763. The second-order valence-corrected chi connectivity index (χ2v) is 4.37. The van der Waals surface area contributed by atoms with Crippen molar-refractivity contribution in [2.24, 2.45) is 0 Å². The quantitative estimate of drug-likeness (QED) is 0.874. The molecular formula is C17H13FN2O. The smallest absolute Gasteiger partial charge is 0.245 e. The van der Waals surface area contributed by atoms with Crippen LogP contribution < -0.4 is 5.32 Å². The van der Waals surface area contributed by atoms with Crippen molar-refractivity contribution in [2.75, 3.05) is 0 Å². The van der Waals surface area contributed by atoms with Crippen LogP contribution in [0, 0.1) is 17.1 Å². The highest BCUT2D eigenvalue weighted by molar-refractivity contribution is 5.92. The van der Waals surface area contributed by atoms with Gasteiger partial charge < -0.3 is 5.32 Å². The van der Waals surface area contributed by atoms with Gasteiger partial charge in [0.2, 0.25) is 5.91 Å². The highest BCUT2D eigenvalue weighted by Crippen LogP contribution is 2.12. The number of carbonyl (C=O) groups is 1. The van der Waals surface area contributed by atoms with Crippen LogP contribution in [-0.4, -0.2) is 5.91 Å². The van der Waals surface area contributed by atoms with Crippen molar-refractivity contribution >= 4 is 12.0 Å². The molecule has 0 spiro atoms. The second-order valence-electron chi connectivity index (χ2n) is 4.37. The summed E-state index contributed by atoms with van der Waals surface area (Å²) in [6, 6.07) is 16.0. The van der Waals surface area contributed by atoms with E-state index in [1.54, 1.807) is 6.08 Å². The van der Waals surface area contributed by atoms with E-state index in [9.17, 15) is 9.18 Å². The summed E-state index contributed by atoms with van der Waals surface area (Å²) in [4.78, 5) is 11.8. The predicted octanol–water partition coefficient (Wildman–Crippen LogP) is 3.22. The zero-order valence-corrected chi connectivity index (χ0v) is 11.2. The van der Waals surface area contributed by atoms with Gasteiger partial charge in [0.1, 0.15) is 11.9 Å². The molecular weight excluding hydrogens is 267 g/mol. The van der Waals surface area contributed by atoms with Crippen LogP contribution in [0.25, 0.3) is 6.08 Å². The minimum atomic E-state index is -0.807. The Morgan fingerprint density at radius 2 is 1.81 bits per heavy atom. The third kappa shape index (κ3) is 4.29. The molecule has 0 radical (unpaired) electrons. The Morgan fingerprint density at radius 1 is 1.14 bits per heavy atom. The van der Waals surface area contributed by atoms with E-state index in [-0.39, 0.29) is 11.7 Å². The minimum Gasteiger partial charge on any atom is -0.333 e. The molecule has 2 aromatic carbocycles. The van der Waals surface area contributed by atoms with Crippen molar-refractivity contribution in [3.05, 3.63) is 77.6 Å². The van der Waals surface area contributed by atoms with E-state index < -0.39 is 6.04 Å². The Bertz CT molecular complexity index is 672. The average Bonchev–Trinajstić information content (AvgIpc) is 2.52. The van der Waals surface area contributed by atoms with Gasteiger partial charge in [-0.1, -0.05) is 42.5 Å². The van der Waals surface area contributed by atoms with Gasteiger partial charge in [-0.05, 0) is 29.3 Å². The maximum Gasteiger partial charge on any atom is 0.245 e. The van der Waals surface area contributed by atoms with Crippen LogP contribution in [0.3, 0.4) is 0 Å². The third-order valence-electron chi connectivity index (χ3n) is 2.85. The van der Waals surface area contributed by atoms with Crippen molar-refractivity contribution in [1.29, 1.82) is 5.26 Å². The van der Waals surface area contributed by atoms with E-state index in [1.807, 2.05) is 36.4 Å². The first kappa shape index (κ1) is 14.5. The van der Waals surface area contributed by atoms with Crippen molar-refractivity contribution in [3.63, 3.8) is 0 Å². The standard InChI is InChI=1S/C17H13FN2O/c18-15-9-7-14(8-10-15)16(12-19)20-17(21)11-6-13-4-2-1-3-5-13/h1-11,16H,(H,20,21)/b11-6+/t16-/m1/s1. The van der Waals surface area contributed by atoms with E-state index >= 15 is 0 Å². The molecule has 4 heteroatoms. The van der Waals surface area contributed by atoms with E-state index in [1.165, 1.54) is 30.3 Å². The monoisotopic (exact) mass is 280 g/mol. The maximum atomic E-state index is 12.8. The molecule has 104 valence electrons. The summed E-state index contributed by atoms with van der Waals surface area (Å²) in [5.41, 5.74) is 1.43. The maximum absolute atomic E-state index is 12.8. The fourth-order valence-corrected chi connectivity index (χ4v) is 1.77. The first-order valence-corrected chi connectivity index (χ1v) is 6.38. The lowest BCUT2D eigenvalue weighted by Gasteiger charge is -2.10. The fraction of sp³-hybridized carbons (Fsp3) is 0.0588. The lowest BCUT2D eigenvalue weighted by atomic mass is 10.1. The molecule has 0 aliphatic heterocycles. The molecule has 2 aromatic rings. The molecule has 0 saturated heterocycles. The SMILES string of the molecule is N#C[C@@H](NC(=O)/C=C/c1ccccc1)c1ccc(F)cc1. The largest absolute Gasteiger partial charge is 0.333 e. The summed E-state index contributed by atoms with van der Waals surface area (Å²) in [5, 5.41) is 11.7. The van der Waals surface area contributed by atoms with E-state index in [2.05, 4.69) is 5.32 Å². The van der Waals surface area contributed by atoms with Crippen molar-refractivity contribution in [3.8, 4) is 6.07 Å². The van der Waals surface area contributed by atoms with Crippen LogP contribution in [-0.2, 0) is 4.79 Å². The van der Waals surface area contributed by atoms with Gasteiger partial charge in [-0.25, -0.2) is 4.39 Å². The lowest BCUT2D eigenvalue weighted by molar-refractivity contribution is -0.116. The molecule has 21 heavy (non-hydrogen) atoms. The highest BCUT2D eigenvalue weighted by atomic mass is 19.1. The van der Waals surface area contributed by atoms with E-state index in [4.69, 9.17) is 5.26 Å². The van der Waals surface area contributed by atoms with Gasteiger partial charge in [-0.2, -0.15) is 5.26 Å². The van der Waals surface area contributed by atoms with Gasteiger partial charge >= 0.3 is 0 Å². The number of hydrogen-bond donors (Lipinski definition) is 1. The van der Waals surface area contributed by atoms with Gasteiger partial charge in [-0.15, -0.1) is 0 Å². The summed E-state index contributed by atoms with van der Waals surface area (Å²) in [7, 11) is 0. The number of nitriles is 1. The Labute approximate surface area is 122 Å². The number of carbonyl (C=O) groups excluding carboxylic acids is 1. The van der Waals surface area contributed by atoms with Gasteiger partial charge in [0.15, 0.2) is 0 Å². The first-order chi connectivity index (χ1) is 10.2. The molecule has 0 aliphatic rings. The normalized spacial score (nSPS) is 11.8. The lowest BCUT2D eigenvalue weighted by Crippen LogP contribution is -2.25. The predicted molar refractivity (Wildman–Crippen MR) is 78.4 cm³/mol. The molecule has 0 aromatic heterocycles. The van der Waals surface area contributed by atoms with Crippen LogP contribution in [0.15, 0.2) is 60.7 Å². The van der Waals surface area contributed by atoms with Crippen molar-refractivity contribution in [1.82, 2.24) is 5.32 Å². The van der Waals surface area contributed by atoms with Gasteiger partial charge in [0.05, 0.1) is 6.07 Å². The Morgan fingerprint density at radius 3 is 2.43 bits per heavy atom. The minimum absolute atomic E-state index is 0.380. The molecule has 0 heterocycles. The molecule has 3 nitrogen and oxygen atoms in total. The number of nitrogens with one attached hydrogen (secondary N) is 1. The van der Waals surface area contributed by atoms with Crippen LogP contribution in [0.2, 0.25) is 0 Å². The van der Waals surface area contributed by atoms with Crippen molar-refractivity contribution in [2.45, 2.75) is 6.04 Å². The number of halogens is 1. The topological polar surface area (TPSA) is 52.9 Å². The van der Waals surface area contributed by atoms with Crippen LogP contribution >= 0.6 is 0 Å². The van der Waals surface area contributed by atoms with E-state index in [0.29, 0.717) is 5.56 Å². The molecule has 1 atom stereocenters. The average molecular weight is 280 g/mol. The highest BCUT2D eigenvalue weighted by Gasteiger charge is 2.12. The zero-order chi connectivity index (χ0) is 15.1. The Kier molecular flexibility index (Phi) is 4.84. The van der Waals surface area contributed by atoms with Gasteiger partial charge in [0.25, 0.3) is 0 Å². The molecule has 0 fully saturated rings. The third-order valence-corrected chi connectivity index (χ3v) is 2.85. The van der Waals surface area contributed by atoms with Gasteiger partial charge in [0, 0.05) is 6.08 Å². The first-order valence-electron chi connectivity index (χ1n) is 6.38. The Hall–Kier alpha value is -2.93.